The van der Waals surface area contributed by atoms with Crippen LogP contribution in [0, 0.1) is 0 Å². The first kappa shape index (κ1) is 19.9. The lowest BCUT2D eigenvalue weighted by atomic mass is 10.1. The summed E-state index contributed by atoms with van der Waals surface area (Å²) in [7, 11) is 4.38. The fourth-order valence-corrected chi connectivity index (χ4v) is 2.07. The molecule has 3 heteroatoms. The first-order valence-corrected chi connectivity index (χ1v) is 8.32. The normalized spacial score (nSPS) is 18.3. The van der Waals surface area contributed by atoms with E-state index in [2.05, 4.69) is 70.3 Å². The SMILES string of the molecule is CC(C)N1CCN(C)CC1.CCCCN(C)C(C)(C)C. The molecule has 0 unspecified atom stereocenters. The molecule has 0 aromatic heterocycles. The molecule has 0 aromatic carbocycles. The van der Waals surface area contributed by atoms with Gasteiger partial charge in [0.05, 0.1) is 0 Å². The number of rotatable bonds is 4. The summed E-state index contributed by atoms with van der Waals surface area (Å²) in [5.74, 6) is 0. The highest BCUT2D eigenvalue weighted by Gasteiger charge is 2.15. The summed E-state index contributed by atoms with van der Waals surface area (Å²) in [4.78, 5) is 7.31. The average Bonchev–Trinajstić information content (AvgIpc) is 2.36. The van der Waals surface area contributed by atoms with Crippen LogP contribution >= 0.6 is 0 Å². The lowest BCUT2D eigenvalue weighted by molar-refractivity contribution is 0.126. The van der Waals surface area contributed by atoms with E-state index in [4.69, 9.17) is 0 Å². The molecule has 0 spiro atoms. The molecule has 0 atom stereocenters. The molecule has 122 valence electrons. The maximum absolute atomic E-state index is 2.53. The zero-order chi connectivity index (χ0) is 15.8. The average molecular weight is 286 g/mol. The highest BCUT2D eigenvalue weighted by molar-refractivity contribution is 4.72. The second-order valence-electron chi connectivity index (χ2n) is 7.38. The largest absolute Gasteiger partial charge is 0.304 e. The van der Waals surface area contributed by atoms with Gasteiger partial charge in [-0.25, -0.2) is 0 Å². The number of hydrogen-bond donors (Lipinski definition) is 0. The first-order valence-electron chi connectivity index (χ1n) is 8.32. The van der Waals surface area contributed by atoms with Crippen molar-refractivity contribution in [3.63, 3.8) is 0 Å². The fraction of sp³-hybridized carbons (Fsp3) is 1.00. The Bertz CT molecular complexity index is 225. The van der Waals surface area contributed by atoms with Crippen molar-refractivity contribution >= 4 is 0 Å². The number of piperazine rings is 1. The monoisotopic (exact) mass is 285 g/mol. The minimum atomic E-state index is 0.342. The van der Waals surface area contributed by atoms with Crippen molar-refractivity contribution in [2.24, 2.45) is 0 Å². The van der Waals surface area contributed by atoms with Crippen molar-refractivity contribution in [2.75, 3.05) is 46.8 Å². The Morgan fingerprint density at radius 3 is 1.90 bits per heavy atom. The Morgan fingerprint density at radius 1 is 1.05 bits per heavy atom. The lowest BCUT2D eigenvalue weighted by Gasteiger charge is -2.34. The first-order chi connectivity index (χ1) is 9.18. The van der Waals surface area contributed by atoms with Gasteiger partial charge >= 0.3 is 0 Å². The molecular formula is C17H39N3. The summed E-state index contributed by atoms with van der Waals surface area (Å²) in [6, 6.07) is 0.730. The summed E-state index contributed by atoms with van der Waals surface area (Å²) < 4.78 is 0. The Kier molecular flexibility index (Phi) is 9.69. The Balaban J connectivity index is 0.000000361. The van der Waals surface area contributed by atoms with Crippen LogP contribution in [0.2, 0.25) is 0 Å². The molecule has 0 saturated carbocycles. The van der Waals surface area contributed by atoms with Gasteiger partial charge in [-0.3, -0.25) is 4.90 Å². The summed E-state index contributed by atoms with van der Waals surface area (Å²) in [6.07, 6.45) is 2.61. The van der Waals surface area contributed by atoms with Crippen LogP contribution in [0.1, 0.15) is 54.4 Å². The summed E-state index contributed by atoms with van der Waals surface area (Å²) in [6.45, 7) is 19.7. The van der Waals surface area contributed by atoms with Crippen LogP contribution in [0.5, 0.6) is 0 Å². The van der Waals surface area contributed by atoms with E-state index in [1.165, 1.54) is 45.6 Å². The summed E-state index contributed by atoms with van der Waals surface area (Å²) in [5.41, 5.74) is 0.342. The molecule has 1 fully saturated rings. The van der Waals surface area contributed by atoms with Crippen molar-refractivity contribution in [1.29, 1.82) is 0 Å². The molecule has 3 nitrogen and oxygen atoms in total. The van der Waals surface area contributed by atoms with Gasteiger partial charge in [-0.1, -0.05) is 13.3 Å². The van der Waals surface area contributed by atoms with E-state index in [0.29, 0.717) is 5.54 Å². The molecule has 1 aliphatic heterocycles. The van der Waals surface area contributed by atoms with E-state index in [1.807, 2.05) is 0 Å². The third-order valence-electron chi connectivity index (χ3n) is 4.26. The van der Waals surface area contributed by atoms with Gasteiger partial charge in [-0.05, 0) is 61.7 Å². The van der Waals surface area contributed by atoms with Gasteiger partial charge in [0, 0.05) is 37.8 Å². The molecule has 1 rings (SSSR count). The molecule has 1 aliphatic rings. The molecule has 0 aliphatic carbocycles. The van der Waals surface area contributed by atoms with Crippen LogP contribution in [0.4, 0.5) is 0 Å². The smallest absolute Gasteiger partial charge is 0.0122 e. The molecule has 1 saturated heterocycles. The van der Waals surface area contributed by atoms with E-state index >= 15 is 0 Å². The standard InChI is InChI=1S/C9H21N.C8H18N2/c1-6-7-8-10(5)9(2,3)4;1-8(2)10-6-4-9(3)5-7-10/h6-8H2,1-5H3;8H,4-7H2,1-3H3. The van der Waals surface area contributed by atoms with Gasteiger partial charge in [-0.15, -0.1) is 0 Å². The predicted molar refractivity (Wildman–Crippen MR) is 91.5 cm³/mol. The van der Waals surface area contributed by atoms with E-state index in [0.717, 1.165) is 6.04 Å². The van der Waals surface area contributed by atoms with Crippen LogP contribution in [-0.4, -0.2) is 73.1 Å². The van der Waals surface area contributed by atoms with E-state index < -0.39 is 0 Å². The summed E-state index contributed by atoms with van der Waals surface area (Å²) in [5, 5.41) is 0. The van der Waals surface area contributed by atoms with Crippen LogP contribution < -0.4 is 0 Å². The predicted octanol–water partition coefficient (Wildman–Crippen LogP) is 3.16. The third kappa shape index (κ3) is 8.93. The van der Waals surface area contributed by atoms with Gasteiger partial charge in [-0.2, -0.15) is 0 Å². The molecule has 0 aromatic rings. The Morgan fingerprint density at radius 2 is 1.55 bits per heavy atom. The Labute approximate surface area is 128 Å². The van der Waals surface area contributed by atoms with Gasteiger partial charge in [0.2, 0.25) is 0 Å². The van der Waals surface area contributed by atoms with Crippen LogP contribution in [-0.2, 0) is 0 Å². The quantitative estimate of drug-likeness (QED) is 0.785. The molecular weight excluding hydrogens is 246 g/mol. The van der Waals surface area contributed by atoms with Crippen LogP contribution in [0.3, 0.4) is 0 Å². The zero-order valence-corrected chi connectivity index (χ0v) is 15.4. The maximum Gasteiger partial charge on any atom is 0.0122 e. The number of likely N-dealkylation sites (N-methyl/N-ethyl adjacent to an activating group) is 1. The van der Waals surface area contributed by atoms with Crippen LogP contribution in [0.25, 0.3) is 0 Å². The zero-order valence-electron chi connectivity index (χ0n) is 15.4. The van der Waals surface area contributed by atoms with E-state index in [-0.39, 0.29) is 0 Å². The molecule has 0 radical (unpaired) electrons. The highest BCUT2D eigenvalue weighted by atomic mass is 15.3. The van der Waals surface area contributed by atoms with Crippen molar-refractivity contribution in [3.05, 3.63) is 0 Å². The number of unbranched alkanes of at least 4 members (excludes halogenated alkanes) is 1. The molecule has 1 heterocycles. The maximum atomic E-state index is 2.53. The number of nitrogens with zero attached hydrogens (tertiary/aromatic N) is 3. The van der Waals surface area contributed by atoms with Crippen molar-refractivity contribution in [3.8, 4) is 0 Å². The molecule has 0 amide bonds. The van der Waals surface area contributed by atoms with E-state index in [1.54, 1.807) is 0 Å². The van der Waals surface area contributed by atoms with Gasteiger partial charge in [0.1, 0.15) is 0 Å². The summed E-state index contributed by atoms with van der Waals surface area (Å²) >= 11 is 0. The molecule has 20 heavy (non-hydrogen) atoms. The second-order valence-corrected chi connectivity index (χ2v) is 7.38. The number of hydrogen-bond acceptors (Lipinski definition) is 3. The van der Waals surface area contributed by atoms with Gasteiger partial charge < -0.3 is 9.80 Å². The fourth-order valence-electron chi connectivity index (χ4n) is 2.07. The minimum absolute atomic E-state index is 0.342. The Hall–Kier alpha value is -0.120. The van der Waals surface area contributed by atoms with Gasteiger partial charge in [0.15, 0.2) is 0 Å². The van der Waals surface area contributed by atoms with Gasteiger partial charge in [0.25, 0.3) is 0 Å². The topological polar surface area (TPSA) is 9.72 Å². The second kappa shape index (κ2) is 9.75. The van der Waals surface area contributed by atoms with Crippen molar-refractivity contribution < 1.29 is 0 Å². The minimum Gasteiger partial charge on any atom is -0.304 e. The van der Waals surface area contributed by atoms with Crippen LogP contribution in [0.15, 0.2) is 0 Å². The lowest BCUT2D eigenvalue weighted by Crippen LogP contribution is -2.47. The van der Waals surface area contributed by atoms with Crippen molar-refractivity contribution in [1.82, 2.24) is 14.7 Å². The molecule has 0 bridgehead atoms. The third-order valence-corrected chi connectivity index (χ3v) is 4.26. The molecule has 0 N–H and O–H groups in total. The highest BCUT2D eigenvalue weighted by Crippen LogP contribution is 2.10. The van der Waals surface area contributed by atoms with E-state index in [9.17, 15) is 0 Å². The van der Waals surface area contributed by atoms with Crippen molar-refractivity contribution in [2.45, 2.75) is 66.0 Å².